The van der Waals surface area contributed by atoms with Gasteiger partial charge in [0.05, 0.1) is 5.69 Å². The Morgan fingerprint density at radius 2 is 2.12 bits per heavy atom. The van der Waals surface area contributed by atoms with Crippen molar-refractivity contribution in [1.29, 1.82) is 0 Å². The van der Waals surface area contributed by atoms with Crippen molar-refractivity contribution in [2.24, 2.45) is 5.92 Å². The molecule has 0 fully saturated rings. The molecule has 0 aliphatic carbocycles. The number of carboxylic acids is 1. The molecule has 0 aliphatic rings. The first-order chi connectivity index (χ1) is 7.41. The van der Waals surface area contributed by atoms with Gasteiger partial charge in [0.25, 0.3) is 0 Å². The van der Waals surface area contributed by atoms with E-state index in [1.807, 2.05) is 0 Å². The second-order valence-electron chi connectivity index (χ2n) is 3.17. The lowest BCUT2D eigenvalue weighted by molar-refractivity contribution is -0.144. The molecule has 1 aromatic carbocycles. The maximum absolute atomic E-state index is 13.2. The van der Waals surface area contributed by atoms with E-state index < -0.39 is 23.6 Å². The van der Waals surface area contributed by atoms with Crippen molar-refractivity contribution in [3.8, 4) is 0 Å². The minimum atomic E-state index is -1.28. The highest BCUT2D eigenvalue weighted by Gasteiger charge is 2.21. The molecule has 86 valence electrons. The summed E-state index contributed by atoms with van der Waals surface area (Å²) in [5.41, 5.74) is -0.134. The number of anilines is 1. The van der Waals surface area contributed by atoms with Gasteiger partial charge in [-0.1, -0.05) is 11.6 Å². The van der Waals surface area contributed by atoms with E-state index >= 15 is 0 Å². The van der Waals surface area contributed by atoms with Crippen LogP contribution in [0, 0.1) is 11.7 Å². The first kappa shape index (κ1) is 12.4. The summed E-state index contributed by atoms with van der Waals surface area (Å²) >= 11 is 5.61. The molecule has 0 saturated heterocycles. The van der Waals surface area contributed by atoms with Crippen LogP contribution in [0.4, 0.5) is 10.1 Å². The molecule has 1 rings (SSSR count). The minimum absolute atomic E-state index is 0.134. The molecule has 0 aliphatic heterocycles. The molecule has 1 unspecified atom stereocenters. The Balaban J connectivity index is 2.84. The Morgan fingerprint density at radius 1 is 1.50 bits per heavy atom. The smallest absolute Gasteiger partial charge is 0.315 e. The number of aliphatic carboxylic acids is 1. The summed E-state index contributed by atoms with van der Waals surface area (Å²) < 4.78 is 13.2. The van der Waals surface area contributed by atoms with E-state index in [2.05, 4.69) is 5.32 Å². The molecule has 0 bridgehead atoms. The highest BCUT2D eigenvalue weighted by Crippen LogP contribution is 2.20. The Hall–Kier alpha value is -1.62. The van der Waals surface area contributed by atoms with Crippen molar-refractivity contribution < 1.29 is 19.1 Å². The zero-order chi connectivity index (χ0) is 12.3. The van der Waals surface area contributed by atoms with Crippen LogP contribution in [0.15, 0.2) is 18.2 Å². The number of benzene rings is 1. The number of carbonyl (C=O) groups is 2. The van der Waals surface area contributed by atoms with Crippen LogP contribution in [-0.2, 0) is 9.59 Å². The lowest BCUT2D eigenvalue weighted by atomic mass is 10.1. The average molecular weight is 246 g/mol. The van der Waals surface area contributed by atoms with Crippen LogP contribution in [0.25, 0.3) is 0 Å². The maximum Gasteiger partial charge on any atom is 0.315 e. The molecule has 1 atom stereocenters. The number of carbonyl (C=O) groups excluding carboxylic acids is 1. The quantitative estimate of drug-likeness (QED) is 0.802. The van der Waals surface area contributed by atoms with Crippen LogP contribution in [0.1, 0.15) is 6.92 Å². The third-order valence-corrected chi connectivity index (χ3v) is 2.19. The van der Waals surface area contributed by atoms with Crippen molar-refractivity contribution in [2.75, 3.05) is 5.32 Å². The average Bonchev–Trinajstić information content (AvgIpc) is 2.22. The van der Waals surface area contributed by atoms with Crippen LogP contribution in [0.5, 0.6) is 0 Å². The monoisotopic (exact) mass is 245 g/mol. The van der Waals surface area contributed by atoms with Gasteiger partial charge >= 0.3 is 5.97 Å². The molecule has 0 spiro atoms. The summed E-state index contributed by atoms with van der Waals surface area (Å²) in [5.74, 6) is -4.00. The Morgan fingerprint density at radius 3 is 2.69 bits per heavy atom. The van der Waals surface area contributed by atoms with Crippen molar-refractivity contribution in [3.63, 3.8) is 0 Å². The fraction of sp³-hybridized carbons (Fsp3) is 0.200. The standard InChI is InChI=1S/C10H9ClFNO3/c1-5(10(15)16)9(14)13-8-4-6(11)2-3-7(8)12/h2-5H,1H3,(H,13,14)(H,15,16). The SMILES string of the molecule is CC(C(=O)O)C(=O)Nc1cc(Cl)ccc1F. The van der Waals surface area contributed by atoms with Crippen LogP contribution >= 0.6 is 11.6 Å². The van der Waals surface area contributed by atoms with Gasteiger partial charge in [0.1, 0.15) is 11.7 Å². The highest BCUT2D eigenvalue weighted by molar-refractivity contribution is 6.30. The van der Waals surface area contributed by atoms with E-state index in [0.717, 1.165) is 6.07 Å². The zero-order valence-corrected chi connectivity index (χ0v) is 9.08. The summed E-state index contributed by atoms with van der Waals surface area (Å²) in [4.78, 5) is 21.8. The highest BCUT2D eigenvalue weighted by atomic mass is 35.5. The summed E-state index contributed by atoms with van der Waals surface area (Å²) in [7, 11) is 0. The van der Waals surface area contributed by atoms with Gasteiger partial charge in [-0.25, -0.2) is 4.39 Å². The van der Waals surface area contributed by atoms with Crippen LogP contribution in [0.2, 0.25) is 5.02 Å². The molecular formula is C10H9ClFNO3. The molecule has 0 saturated carbocycles. The van der Waals surface area contributed by atoms with Crippen LogP contribution in [0.3, 0.4) is 0 Å². The lowest BCUT2D eigenvalue weighted by Gasteiger charge is -2.09. The fourth-order valence-corrected chi connectivity index (χ4v) is 1.12. The Bertz CT molecular complexity index is 436. The Labute approximate surface area is 96.0 Å². The number of hydrogen-bond acceptors (Lipinski definition) is 2. The van der Waals surface area contributed by atoms with Gasteiger partial charge in [-0.2, -0.15) is 0 Å². The van der Waals surface area contributed by atoms with E-state index in [4.69, 9.17) is 16.7 Å². The van der Waals surface area contributed by atoms with Gasteiger partial charge < -0.3 is 10.4 Å². The predicted molar refractivity (Wildman–Crippen MR) is 56.8 cm³/mol. The van der Waals surface area contributed by atoms with Crippen LogP contribution < -0.4 is 5.32 Å². The molecule has 0 radical (unpaired) electrons. The molecule has 1 amide bonds. The van der Waals surface area contributed by atoms with Crippen molar-refractivity contribution in [2.45, 2.75) is 6.92 Å². The Kier molecular flexibility index (Phi) is 3.84. The molecule has 4 nitrogen and oxygen atoms in total. The zero-order valence-electron chi connectivity index (χ0n) is 8.33. The van der Waals surface area contributed by atoms with Crippen molar-refractivity contribution in [3.05, 3.63) is 29.0 Å². The minimum Gasteiger partial charge on any atom is -0.481 e. The molecule has 0 heterocycles. The second-order valence-corrected chi connectivity index (χ2v) is 3.61. The number of carboxylic acid groups (broad SMARTS) is 1. The number of halogens is 2. The summed E-state index contributed by atoms with van der Waals surface area (Å²) in [5, 5.41) is 11.0. The largest absolute Gasteiger partial charge is 0.481 e. The fourth-order valence-electron chi connectivity index (χ4n) is 0.946. The summed E-state index contributed by atoms with van der Waals surface area (Å²) in [6.07, 6.45) is 0. The van der Waals surface area contributed by atoms with E-state index in [-0.39, 0.29) is 10.7 Å². The van der Waals surface area contributed by atoms with E-state index in [0.29, 0.717) is 0 Å². The first-order valence-corrected chi connectivity index (χ1v) is 4.78. The van der Waals surface area contributed by atoms with Crippen LogP contribution in [-0.4, -0.2) is 17.0 Å². The molecule has 2 N–H and O–H groups in total. The third-order valence-electron chi connectivity index (χ3n) is 1.95. The van der Waals surface area contributed by atoms with Gasteiger partial charge in [-0.15, -0.1) is 0 Å². The lowest BCUT2D eigenvalue weighted by Crippen LogP contribution is -2.27. The topological polar surface area (TPSA) is 66.4 Å². The predicted octanol–water partition coefficient (Wildman–Crippen LogP) is 2.14. The first-order valence-electron chi connectivity index (χ1n) is 4.40. The molecule has 0 aromatic heterocycles. The van der Waals surface area contributed by atoms with Gasteiger partial charge in [-0.05, 0) is 25.1 Å². The van der Waals surface area contributed by atoms with Gasteiger partial charge in [0.2, 0.25) is 5.91 Å². The van der Waals surface area contributed by atoms with E-state index in [1.165, 1.54) is 19.1 Å². The molecule has 6 heteroatoms. The number of hydrogen-bond donors (Lipinski definition) is 2. The number of amides is 1. The maximum atomic E-state index is 13.2. The molecular weight excluding hydrogens is 237 g/mol. The molecule has 16 heavy (non-hydrogen) atoms. The third kappa shape index (κ3) is 2.93. The second kappa shape index (κ2) is 4.94. The normalized spacial score (nSPS) is 11.9. The number of nitrogens with one attached hydrogen (secondary N) is 1. The van der Waals surface area contributed by atoms with Gasteiger partial charge in [-0.3, -0.25) is 9.59 Å². The van der Waals surface area contributed by atoms with E-state index in [9.17, 15) is 14.0 Å². The van der Waals surface area contributed by atoms with Crippen molar-refractivity contribution >= 4 is 29.2 Å². The number of rotatable bonds is 3. The van der Waals surface area contributed by atoms with Crippen molar-refractivity contribution in [1.82, 2.24) is 0 Å². The van der Waals surface area contributed by atoms with E-state index in [1.54, 1.807) is 0 Å². The summed E-state index contributed by atoms with van der Waals surface area (Å²) in [6.45, 7) is 1.21. The molecule has 1 aromatic rings. The van der Waals surface area contributed by atoms with Gasteiger partial charge in [0, 0.05) is 5.02 Å². The summed E-state index contributed by atoms with van der Waals surface area (Å²) in [6, 6.07) is 3.62. The van der Waals surface area contributed by atoms with Gasteiger partial charge in [0.15, 0.2) is 0 Å².